The molecule has 1 heterocycles. The molecule has 0 bridgehead atoms. The van der Waals surface area contributed by atoms with E-state index in [1.165, 1.54) is 22.6 Å². The van der Waals surface area contributed by atoms with Crippen molar-refractivity contribution >= 4 is 34.6 Å². The van der Waals surface area contributed by atoms with Gasteiger partial charge in [-0.15, -0.1) is 0 Å². The van der Waals surface area contributed by atoms with E-state index >= 15 is 0 Å². The number of anilines is 2. The summed E-state index contributed by atoms with van der Waals surface area (Å²) in [6, 6.07) is 15.0. The molecule has 4 rings (SSSR count). The van der Waals surface area contributed by atoms with Crippen molar-refractivity contribution in [2.75, 3.05) is 30.0 Å². The number of nitro benzene ring substituents is 2. The van der Waals surface area contributed by atoms with Crippen molar-refractivity contribution in [2.45, 2.75) is 26.2 Å². The van der Waals surface area contributed by atoms with Gasteiger partial charge in [0.1, 0.15) is 18.1 Å². The predicted octanol–water partition coefficient (Wildman–Crippen LogP) is 4.86. The summed E-state index contributed by atoms with van der Waals surface area (Å²) in [5.41, 5.74) is 0.413. The summed E-state index contributed by atoms with van der Waals surface area (Å²) in [5, 5.41) is 24.9. The first-order valence-corrected chi connectivity index (χ1v) is 12.0. The van der Waals surface area contributed by atoms with Gasteiger partial charge in [-0.25, -0.2) is 0 Å². The average molecular weight is 535 g/mol. The average Bonchev–Trinajstić information content (AvgIpc) is 2.89. The SMILES string of the molecule is CC(C)(C)c1ccc(OCCN2C(=O)COc3ccc(NC(=O)c4cc([N+](=O)[O-])cc([N+](=O)[O-])c4)cc32)cc1. The van der Waals surface area contributed by atoms with Crippen LogP contribution in [0.1, 0.15) is 36.7 Å². The van der Waals surface area contributed by atoms with Crippen LogP contribution in [0.3, 0.4) is 0 Å². The Balaban J connectivity index is 1.49. The Morgan fingerprint density at radius 2 is 1.64 bits per heavy atom. The van der Waals surface area contributed by atoms with Crippen molar-refractivity contribution in [1.82, 2.24) is 0 Å². The first kappa shape index (κ1) is 27.0. The third kappa shape index (κ3) is 6.29. The molecule has 0 aliphatic carbocycles. The Hall–Kier alpha value is -5.00. The number of non-ortho nitro benzene ring substituents is 2. The second-order valence-electron chi connectivity index (χ2n) is 9.85. The van der Waals surface area contributed by atoms with Gasteiger partial charge in [0.05, 0.1) is 33.7 Å². The number of nitrogens with zero attached hydrogens (tertiary/aromatic N) is 3. The van der Waals surface area contributed by atoms with Crippen LogP contribution in [0.2, 0.25) is 0 Å². The molecule has 12 heteroatoms. The minimum atomic E-state index is -0.815. The molecule has 3 aromatic carbocycles. The van der Waals surface area contributed by atoms with Crippen molar-refractivity contribution in [1.29, 1.82) is 0 Å². The first-order chi connectivity index (χ1) is 18.4. The molecule has 0 aromatic heterocycles. The molecule has 0 spiro atoms. The van der Waals surface area contributed by atoms with E-state index in [1.54, 1.807) is 6.07 Å². The maximum Gasteiger partial charge on any atom is 0.277 e. The van der Waals surface area contributed by atoms with Gasteiger partial charge in [0, 0.05) is 17.8 Å². The smallest absolute Gasteiger partial charge is 0.277 e. The topological polar surface area (TPSA) is 154 Å². The molecule has 1 aliphatic heterocycles. The zero-order chi connectivity index (χ0) is 28.3. The standard InChI is InChI=1S/C27H26N4O8/c1-27(2,3)18-4-7-22(8-5-18)38-11-10-29-23-14-19(6-9-24(23)39-16-25(29)32)28-26(33)17-12-20(30(34)35)15-21(13-17)31(36)37/h4-9,12-15H,10-11,16H2,1-3H3,(H,28,33). The van der Waals surface area contributed by atoms with Gasteiger partial charge in [0.2, 0.25) is 0 Å². The largest absolute Gasteiger partial charge is 0.492 e. The van der Waals surface area contributed by atoms with Crippen LogP contribution in [0.5, 0.6) is 11.5 Å². The normalized spacial score (nSPS) is 12.8. The van der Waals surface area contributed by atoms with Crippen molar-refractivity contribution in [2.24, 2.45) is 0 Å². The van der Waals surface area contributed by atoms with E-state index in [-0.39, 0.29) is 42.3 Å². The second kappa shape index (κ2) is 10.8. The van der Waals surface area contributed by atoms with Gasteiger partial charge < -0.3 is 19.7 Å². The Morgan fingerprint density at radius 1 is 1.00 bits per heavy atom. The van der Waals surface area contributed by atoms with Gasteiger partial charge in [-0.1, -0.05) is 32.9 Å². The van der Waals surface area contributed by atoms with E-state index < -0.39 is 27.1 Å². The van der Waals surface area contributed by atoms with Crippen molar-refractivity contribution < 1.29 is 28.9 Å². The number of amides is 2. The highest BCUT2D eigenvalue weighted by Crippen LogP contribution is 2.35. The van der Waals surface area contributed by atoms with Crippen molar-refractivity contribution in [3.05, 3.63) is 92.0 Å². The summed E-state index contributed by atoms with van der Waals surface area (Å²) < 4.78 is 11.3. The molecule has 2 amide bonds. The summed E-state index contributed by atoms with van der Waals surface area (Å²) in [6.45, 7) is 6.62. The highest BCUT2D eigenvalue weighted by atomic mass is 16.6. The summed E-state index contributed by atoms with van der Waals surface area (Å²) >= 11 is 0. The predicted molar refractivity (Wildman–Crippen MR) is 143 cm³/mol. The third-order valence-electron chi connectivity index (χ3n) is 6.05. The fraction of sp³-hybridized carbons (Fsp3) is 0.259. The fourth-order valence-electron chi connectivity index (χ4n) is 3.97. The Bertz CT molecular complexity index is 1410. The lowest BCUT2D eigenvalue weighted by Crippen LogP contribution is -2.41. The number of hydrogen-bond acceptors (Lipinski definition) is 8. The molecular formula is C27H26N4O8. The number of benzene rings is 3. The Labute approximate surface area is 223 Å². The van der Waals surface area contributed by atoms with E-state index in [2.05, 4.69) is 26.1 Å². The van der Waals surface area contributed by atoms with Crippen molar-refractivity contribution in [3.63, 3.8) is 0 Å². The highest BCUT2D eigenvalue weighted by molar-refractivity contribution is 6.06. The fourth-order valence-corrected chi connectivity index (χ4v) is 3.97. The number of rotatable bonds is 8. The van der Waals surface area contributed by atoms with Crippen LogP contribution in [-0.4, -0.2) is 41.4 Å². The Morgan fingerprint density at radius 3 is 2.23 bits per heavy atom. The lowest BCUT2D eigenvalue weighted by atomic mass is 9.87. The van der Waals surface area contributed by atoms with Crippen LogP contribution in [0.15, 0.2) is 60.7 Å². The maximum atomic E-state index is 12.8. The van der Waals surface area contributed by atoms with E-state index in [0.717, 1.165) is 18.2 Å². The first-order valence-electron chi connectivity index (χ1n) is 12.0. The molecule has 0 saturated heterocycles. The monoisotopic (exact) mass is 534 g/mol. The molecule has 39 heavy (non-hydrogen) atoms. The summed E-state index contributed by atoms with van der Waals surface area (Å²) in [5.74, 6) is -0.00512. The summed E-state index contributed by atoms with van der Waals surface area (Å²) in [6.07, 6.45) is 0. The van der Waals surface area contributed by atoms with Gasteiger partial charge in [0.25, 0.3) is 23.2 Å². The number of hydrogen-bond donors (Lipinski definition) is 1. The molecule has 202 valence electrons. The van der Waals surface area contributed by atoms with Gasteiger partial charge in [-0.05, 0) is 41.3 Å². The van der Waals surface area contributed by atoms with Crippen LogP contribution in [0.25, 0.3) is 0 Å². The quantitative estimate of drug-likeness (QED) is 0.317. The van der Waals surface area contributed by atoms with E-state index in [9.17, 15) is 29.8 Å². The number of nitrogens with one attached hydrogen (secondary N) is 1. The zero-order valence-electron chi connectivity index (χ0n) is 21.5. The molecular weight excluding hydrogens is 508 g/mol. The number of ether oxygens (including phenoxy) is 2. The van der Waals surface area contributed by atoms with E-state index in [0.29, 0.717) is 17.2 Å². The van der Waals surface area contributed by atoms with E-state index in [4.69, 9.17) is 9.47 Å². The number of fused-ring (bicyclic) bond motifs is 1. The van der Waals surface area contributed by atoms with Crippen LogP contribution in [0, 0.1) is 20.2 Å². The van der Waals surface area contributed by atoms with Gasteiger partial charge >= 0.3 is 0 Å². The number of nitro groups is 2. The minimum absolute atomic E-state index is 0.0134. The summed E-state index contributed by atoms with van der Waals surface area (Å²) in [7, 11) is 0. The zero-order valence-corrected chi connectivity index (χ0v) is 21.5. The van der Waals surface area contributed by atoms with Gasteiger partial charge in [-0.3, -0.25) is 29.8 Å². The molecule has 0 radical (unpaired) electrons. The molecule has 12 nitrogen and oxygen atoms in total. The van der Waals surface area contributed by atoms with Gasteiger partial charge in [-0.2, -0.15) is 0 Å². The molecule has 0 unspecified atom stereocenters. The van der Waals surface area contributed by atoms with Crippen molar-refractivity contribution in [3.8, 4) is 11.5 Å². The number of carbonyl (C=O) groups is 2. The molecule has 1 aliphatic rings. The second-order valence-corrected chi connectivity index (χ2v) is 9.85. The molecule has 0 saturated carbocycles. The molecule has 0 fully saturated rings. The lowest BCUT2D eigenvalue weighted by molar-refractivity contribution is -0.394. The molecule has 0 atom stereocenters. The van der Waals surface area contributed by atoms with Crippen LogP contribution in [0.4, 0.5) is 22.7 Å². The maximum absolute atomic E-state index is 12.8. The Kier molecular flexibility index (Phi) is 7.47. The summed E-state index contributed by atoms with van der Waals surface area (Å²) in [4.78, 5) is 47.6. The third-order valence-corrected chi connectivity index (χ3v) is 6.05. The van der Waals surface area contributed by atoms with Crippen LogP contribution in [-0.2, 0) is 10.2 Å². The molecule has 3 aromatic rings. The molecule has 1 N–H and O–H groups in total. The minimum Gasteiger partial charge on any atom is -0.492 e. The lowest BCUT2D eigenvalue weighted by Gasteiger charge is -2.29. The number of carbonyl (C=O) groups excluding carboxylic acids is 2. The van der Waals surface area contributed by atoms with Gasteiger partial charge in [0.15, 0.2) is 6.61 Å². The van der Waals surface area contributed by atoms with E-state index in [1.807, 2.05) is 24.3 Å². The van der Waals surface area contributed by atoms with Crippen LogP contribution < -0.4 is 19.7 Å². The highest BCUT2D eigenvalue weighted by Gasteiger charge is 2.27. The van der Waals surface area contributed by atoms with Crippen LogP contribution >= 0.6 is 0 Å².